The summed E-state index contributed by atoms with van der Waals surface area (Å²) in [5.74, 6) is 2.19. The number of rotatable bonds is 5. The smallest absolute Gasteiger partial charge is 0.231 e. The summed E-state index contributed by atoms with van der Waals surface area (Å²) < 4.78 is 18.7. The van der Waals surface area contributed by atoms with Crippen LogP contribution in [0.5, 0.6) is 17.2 Å². The van der Waals surface area contributed by atoms with Gasteiger partial charge in [-0.2, -0.15) is 0 Å². The van der Waals surface area contributed by atoms with Gasteiger partial charge in [-0.25, -0.2) is 4.98 Å². The Morgan fingerprint density at radius 2 is 2.05 bits per heavy atom. The van der Waals surface area contributed by atoms with E-state index >= 15 is 0 Å². The fraction of sp³-hybridized carbons (Fsp3) is 0.235. The van der Waals surface area contributed by atoms with Crippen LogP contribution in [0, 0.1) is 0 Å². The van der Waals surface area contributed by atoms with Gasteiger partial charge in [-0.3, -0.25) is 0 Å². The molecule has 0 saturated heterocycles. The zero-order chi connectivity index (χ0) is 14.8. The highest BCUT2D eigenvalue weighted by molar-refractivity contribution is 5.74. The Morgan fingerprint density at radius 1 is 1.09 bits per heavy atom. The van der Waals surface area contributed by atoms with E-state index in [2.05, 4.69) is 15.6 Å². The van der Waals surface area contributed by atoms with Gasteiger partial charge in [-0.1, -0.05) is 18.2 Å². The summed E-state index contributed by atoms with van der Waals surface area (Å²) in [6.45, 7) is 1.75. The third-order valence-electron chi connectivity index (χ3n) is 3.69. The molecule has 1 aromatic heterocycles. The maximum Gasteiger partial charge on any atom is 0.231 e. The van der Waals surface area contributed by atoms with Gasteiger partial charge in [0.25, 0.3) is 0 Å². The molecule has 22 heavy (non-hydrogen) atoms. The molecule has 112 valence electrons. The highest BCUT2D eigenvalue weighted by Gasteiger charge is 2.18. The molecule has 3 aromatic rings. The monoisotopic (exact) mass is 296 g/mol. The van der Waals surface area contributed by atoms with Crippen LogP contribution in [-0.4, -0.2) is 23.0 Å². The molecule has 0 amide bonds. The van der Waals surface area contributed by atoms with Crippen molar-refractivity contribution < 1.29 is 14.2 Å². The van der Waals surface area contributed by atoms with Crippen LogP contribution in [0.4, 0.5) is 0 Å². The molecular weight excluding hydrogens is 280 g/mol. The van der Waals surface area contributed by atoms with Crippen LogP contribution >= 0.6 is 0 Å². The second kappa shape index (κ2) is 5.60. The van der Waals surface area contributed by atoms with Crippen LogP contribution in [0.1, 0.15) is 6.42 Å². The predicted molar refractivity (Wildman–Crippen MR) is 82.4 cm³/mol. The summed E-state index contributed by atoms with van der Waals surface area (Å²) in [5, 5.41) is 0. The maximum atomic E-state index is 5.82. The molecule has 5 heteroatoms. The van der Waals surface area contributed by atoms with Crippen molar-refractivity contribution in [2.24, 2.45) is 0 Å². The minimum Gasteiger partial charge on any atom is -0.489 e. The minimum absolute atomic E-state index is 0.261. The van der Waals surface area contributed by atoms with Gasteiger partial charge in [-0.05, 0) is 30.7 Å². The molecule has 0 aliphatic carbocycles. The average Bonchev–Trinajstić information content (AvgIpc) is 3.19. The van der Waals surface area contributed by atoms with Crippen molar-refractivity contribution in [3.05, 3.63) is 48.8 Å². The van der Waals surface area contributed by atoms with Gasteiger partial charge in [0.15, 0.2) is 11.5 Å². The Kier molecular flexibility index (Phi) is 3.31. The summed E-state index contributed by atoms with van der Waals surface area (Å²) in [4.78, 5) is 4.39. The Morgan fingerprint density at radius 3 is 3.05 bits per heavy atom. The van der Waals surface area contributed by atoms with Crippen LogP contribution in [0.15, 0.2) is 48.8 Å². The van der Waals surface area contributed by atoms with Crippen LogP contribution < -0.4 is 14.2 Å². The number of fused-ring (bicyclic) bond motifs is 2. The van der Waals surface area contributed by atoms with Crippen LogP contribution in [-0.2, 0) is 6.54 Å². The SMILES string of the molecule is c1cc(OCCCn2cnc3ccccc32)c2c(c1)OCO2. The van der Waals surface area contributed by atoms with Gasteiger partial charge in [0.2, 0.25) is 12.5 Å². The molecule has 1 aliphatic rings. The van der Waals surface area contributed by atoms with Gasteiger partial charge in [0.05, 0.1) is 24.0 Å². The number of aryl methyl sites for hydroxylation is 1. The van der Waals surface area contributed by atoms with Gasteiger partial charge in [-0.15, -0.1) is 0 Å². The largest absolute Gasteiger partial charge is 0.489 e. The lowest BCUT2D eigenvalue weighted by Gasteiger charge is -2.09. The molecule has 2 aromatic carbocycles. The Hall–Kier alpha value is -2.69. The number of ether oxygens (including phenoxy) is 3. The molecule has 0 radical (unpaired) electrons. The number of benzene rings is 2. The van der Waals surface area contributed by atoms with E-state index in [1.807, 2.05) is 42.7 Å². The first-order valence-electron chi connectivity index (χ1n) is 7.33. The maximum absolute atomic E-state index is 5.82. The second-order valence-corrected chi connectivity index (χ2v) is 5.12. The lowest BCUT2D eigenvalue weighted by atomic mass is 10.3. The van der Waals surface area contributed by atoms with Crippen LogP contribution in [0.2, 0.25) is 0 Å². The first-order valence-corrected chi connectivity index (χ1v) is 7.33. The Labute approximate surface area is 128 Å². The zero-order valence-electron chi connectivity index (χ0n) is 12.1. The van der Waals surface area contributed by atoms with E-state index in [1.165, 1.54) is 0 Å². The first kappa shape index (κ1) is 13.0. The molecule has 1 aliphatic heterocycles. The zero-order valence-corrected chi connectivity index (χ0v) is 12.1. The van der Waals surface area contributed by atoms with Crippen molar-refractivity contribution in [2.75, 3.05) is 13.4 Å². The molecule has 0 fully saturated rings. The van der Waals surface area contributed by atoms with E-state index in [4.69, 9.17) is 14.2 Å². The average molecular weight is 296 g/mol. The summed E-state index contributed by atoms with van der Waals surface area (Å²) in [7, 11) is 0. The summed E-state index contributed by atoms with van der Waals surface area (Å²) in [6, 6.07) is 13.8. The van der Waals surface area contributed by atoms with Gasteiger partial charge >= 0.3 is 0 Å². The molecule has 0 N–H and O–H groups in total. The van der Waals surface area contributed by atoms with E-state index in [0.29, 0.717) is 12.4 Å². The third-order valence-corrected chi connectivity index (χ3v) is 3.69. The molecule has 5 nitrogen and oxygen atoms in total. The Balaban J connectivity index is 1.37. The topological polar surface area (TPSA) is 45.5 Å². The van der Waals surface area contributed by atoms with Crippen molar-refractivity contribution in [1.29, 1.82) is 0 Å². The van der Waals surface area contributed by atoms with E-state index in [1.54, 1.807) is 0 Å². The minimum atomic E-state index is 0.261. The second-order valence-electron chi connectivity index (χ2n) is 5.12. The Bertz CT molecular complexity index is 797. The van der Waals surface area contributed by atoms with Crippen molar-refractivity contribution in [1.82, 2.24) is 9.55 Å². The van der Waals surface area contributed by atoms with Gasteiger partial charge in [0, 0.05) is 6.54 Å². The van der Waals surface area contributed by atoms with Gasteiger partial charge in [0.1, 0.15) is 0 Å². The number of para-hydroxylation sites is 3. The summed E-state index contributed by atoms with van der Waals surface area (Å²) in [6.07, 6.45) is 2.77. The molecule has 0 bridgehead atoms. The van der Waals surface area contributed by atoms with Crippen molar-refractivity contribution in [3.63, 3.8) is 0 Å². The first-order chi connectivity index (χ1) is 10.9. The number of nitrogens with zero attached hydrogens (tertiary/aromatic N) is 2. The lowest BCUT2D eigenvalue weighted by molar-refractivity contribution is 0.169. The molecule has 0 atom stereocenters. The molecule has 0 saturated carbocycles. The normalized spacial score (nSPS) is 12.7. The number of aromatic nitrogens is 2. The standard InChI is InChI=1S/C17H16N2O3/c1-2-6-14-13(5-1)18-11-19(14)9-4-10-20-15-7-3-8-16-17(15)22-12-21-16/h1-3,5-8,11H,4,9-10,12H2. The molecule has 4 rings (SSSR count). The van der Waals surface area contributed by atoms with E-state index < -0.39 is 0 Å². The fourth-order valence-electron chi connectivity index (χ4n) is 2.62. The van der Waals surface area contributed by atoms with Crippen molar-refractivity contribution in [2.45, 2.75) is 13.0 Å². The fourth-order valence-corrected chi connectivity index (χ4v) is 2.62. The van der Waals surface area contributed by atoms with E-state index in [9.17, 15) is 0 Å². The van der Waals surface area contributed by atoms with Crippen molar-refractivity contribution in [3.8, 4) is 17.2 Å². The molecule has 2 heterocycles. The van der Waals surface area contributed by atoms with Crippen LogP contribution in [0.3, 0.4) is 0 Å². The van der Waals surface area contributed by atoms with E-state index in [-0.39, 0.29) is 6.79 Å². The summed E-state index contributed by atoms with van der Waals surface area (Å²) in [5.41, 5.74) is 2.18. The van der Waals surface area contributed by atoms with Crippen LogP contribution in [0.25, 0.3) is 11.0 Å². The molecule has 0 spiro atoms. The number of hydrogen-bond donors (Lipinski definition) is 0. The molecular formula is C17H16N2O3. The molecule has 0 unspecified atom stereocenters. The predicted octanol–water partition coefficient (Wildman–Crippen LogP) is 3.23. The lowest BCUT2D eigenvalue weighted by Crippen LogP contribution is -2.04. The van der Waals surface area contributed by atoms with Crippen molar-refractivity contribution >= 4 is 11.0 Å². The number of imidazole rings is 1. The quantitative estimate of drug-likeness (QED) is 0.678. The van der Waals surface area contributed by atoms with Gasteiger partial charge < -0.3 is 18.8 Å². The summed E-state index contributed by atoms with van der Waals surface area (Å²) >= 11 is 0. The third kappa shape index (κ3) is 2.35. The highest BCUT2D eigenvalue weighted by atomic mass is 16.7. The highest BCUT2D eigenvalue weighted by Crippen LogP contribution is 2.40. The number of hydrogen-bond acceptors (Lipinski definition) is 4. The van der Waals surface area contributed by atoms with E-state index in [0.717, 1.165) is 35.5 Å².